The van der Waals surface area contributed by atoms with Gasteiger partial charge in [-0.25, -0.2) is 0 Å². The molecule has 0 saturated heterocycles. The van der Waals surface area contributed by atoms with Gasteiger partial charge in [0.1, 0.15) is 0 Å². The van der Waals surface area contributed by atoms with E-state index in [1.165, 1.54) is 0 Å². The molecule has 0 rings (SSSR count). The average Bonchev–Trinajstić information content (AvgIpc) is 2.19. The minimum atomic E-state index is -0.608. The molecule has 0 fully saturated rings. The maximum absolute atomic E-state index is 12.0. The molecule has 0 bridgehead atoms. The first-order valence-corrected chi connectivity index (χ1v) is 5.17. The smallest absolute Gasteiger partial charge is 0.0919 e. The van der Waals surface area contributed by atoms with Crippen LogP contribution >= 0.6 is 0 Å². The Morgan fingerprint density at radius 1 is 0.600 bits per heavy atom. The van der Waals surface area contributed by atoms with Gasteiger partial charge in [-0.05, 0) is 0 Å². The predicted octanol–water partition coefficient (Wildman–Crippen LogP) is 3.18. The van der Waals surface area contributed by atoms with Gasteiger partial charge in [0, 0.05) is 25.7 Å². The van der Waals surface area contributed by atoms with Crippen molar-refractivity contribution in [2.75, 3.05) is 26.7 Å². The van der Waals surface area contributed by atoms with Crippen molar-refractivity contribution in [3.05, 3.63) is 0 Å². The second-order valence-corrected chi connectivity index (χ2v) is 3.29. The first-order valence-electron chi connectivity index (χ1n) is 5.17. The van der Waals surface area contributed by atoms with Crippen LogP contribution in [0.1, 0.15) is 25.7 Å². The Morgan fingerprint density at radius 2 is 0.867 bits per heavy atom. The van der Waals surface area contributed by atoms with Gasteiger partial charge < -0.3 is 4.74 Å². The largest absolute Gasteiger partial charge is 0.375 e. The number of ether oxygens (including phenoxy) is 1. The molecule has 0 aliphatic heterocycles. The second kappa shape index (κ2) is 10.2. The molecule has 1 nitrogen and oxygen atoms in total. The van der Waals surface area contributed by atoms with Crippen LogP contribution in [0.3, 0.4) is 0 Å². The van der Waals surface area contributed by atoms with Gasteiger partial charge in [0.15, 0.2) is 0 Å². The number of rotatable bonds is 10. The minimum absolute atomic E-state index is 0.0823. The molecule has 15 heavy (non-hydrogen) atoms. The first kappa shape index (κ1) is 14.7. The molecule has 0 aromatic rings. The Hall–Kier alpha value is -0.320. The highest BCUT2D eigenvalue weighted by Crippen LogP contribution is 2.14. The maximum atomic E-state index is 12.0. The van der Waals surface area contributed by atoms with E-state index in [1.807, 2.05) is 0 Å². The van der Waals surface area contributed by atoms with Crippen molar-refractivity contribution in [3.8, 4) is 0 Å². The van der Waals surface area contributed by atoms with Gasteiger partial charge >= 0.3 is 0 Å². The highest BCUT2D eigenvalue weighted by atomic mass is 19.1. The van der Waals surface area contributed by atoms with E-state index in [9.17, 15) is 17.6 Å². The van der Waals surface area contributed by atoms with Gasteiger partial charge in [-0.1, -0.05) is 0 Å². The van der Waals surface area contributed by atoms with Gasteiger partial charge in [0.05, 0.1) is 38.9 Å². The minimum Gasteiger partial charge on any atom is -0.375 e. The summed E-state index contributed by atoms with van der Waals surface area (Å²) < 4.78 is 53.4. The molecule has 5 heteroatoms. The summed E-state index contributed by atoms with van der Waals surface area (Å²) in [6.45, 7) is -2.43. The van der Waals surface area contributed by atoms with Crippen LogP contribution in [0.25, 0.3) is 0 Å². The zero-order chi connectivity index (χ0) is 11.5. The van der Waals surface area contributed by atoms with Crippen LogP contribution < -0.4 is 0 Å². The van der Waals surface area contributed by atoms with E-state index in [0.717, 1.165) is 0 Å². The molecule has 0 aliphatic carbocycles. The highest BCUT2D eigenvalue weighted by molar-refractivity contribution is 4.64. The summed E-state index contributed by atoms with van der Waals surface area (Å²) in [6.07, 6.45) is -0.804. The lowest BCUT2D eigenvalue weighted by molar-refractivity contribution is -0.0374. The predicted molar refractivity (Wildman–Crippen MR) is 51.0 cm³/mol. The van der Waals surface area contributed by atoms with E-state index < -0.39 is 38.9 Å². The molecule has 0 aromatic carbocycles. The van der Waals surface area contributed by atoms with Crippen molar-refractivity contribution in [1.29, 1.82) is 0 Å². The lowest BCUT2D eigenvalue weighted by Gasteiger charge is -2.22. The van der Waals surface area contributed by atoms with Crippen molar-refractivity contribution in [3.63, 3.8) is 0 Å². The van der Waals surface area contributed by atoms with Crippen LogP contribution in [0.5, 0.6) is 0 Å². The zero-order valence-electron chi connectivity index (χ0n) is 8.73. The number of hydrogen-bond acceptors (Lipinski definition) is 1. The van der Waals surface area contributed by atoms with Gasteiger partial charge in [-0.15, -0.1) is 0 Å². The standard InChI is InChI=1S/C10H18F4O/c11-5-1-9(2-6-12)15-10(3-7-13)4-8-14/h9-10H,1-8H2. The fourth-order valence-electron chi connectivity index (χ4n) is 1.32. The molecule has 92 valence electrons. The van der Waals surface area contributed by atoms with E-state index in [2.05, 4.69) is 0 Å². The highest BCUT2D eigenvalue weighted by Gasteiger charge is 2.16. The molecule has 0 N–H and O–H groups in total. The van der Waals surface area contributed by atoms with Crippen LogP contribution in [-0.2, 0) is 4.74 Å². The molecule has 0 unspecified atom stereocenters. The number of alkyl halides is 4. The Labute approximate surface area is 87.8 Å². The Morgan fingerprint density at radius 3 is 1.07 bits per heavy atom. The Kier molecular flexibility index (Phi) is 9.99. The van der Waals surface area contributed by atoms with Gasteiger partial charge in [0.2, 0.25) is 0 Å². The monoisotopic (exact) mass is 230 g/mol. The summed E-state index contributed by atoms with van der Waals surface area (Å²) in [5, 5.41) is 0. The topological polar surface area (TPSA) is 9.23 Å². The summed E-state index contributed by atoms with van der Waals surface area (Å²) in [5.74, 6) is 0. The summed E-state index contributed by atoms with van der Waals surface area (Å²) >= 11 is 0. The molecule has 0 atom stereocenters. The third kappa shape index (κ3) is 7.59. The normalized spacial score (nSPS) is 11.6. The Balaban J connectivity index is 3.93. The molecule has 0 radical (unpaired) electrons. The van der Waals surface area contributed by atoms with Gasteiger partial charge in [-0.2, -0.15) is 0 Å². The molecule has 0 saturated carbocycles. The fraction of sp³-hybridized carbons (Fsp3) is 1.00. The fourth-order valence-corrected chi connectivity index (χ4v) is 1.32. The third-order valence-corrected chi connectivity index (χ3v) is 2.11. The average molecular weight is 230 g/mol. The summed E-state index contributed by atoms with van der Waals surface area (Å²) in [5.41, 5.74) is 0. The summed E-state index contributed by atoms with van der Waals surface area (Å²) in [7, 11) is 0. The molecule has 0 spiro atoms. The van der Waals surface area contributed by atoms with Crippen LogP contribution in [0.15, 0.2) is 0 Å². The zero-order valence-corrected chi connectivity index (χ0v) is 8.73. The van der Waals surface area contributed by atoms with Crippen LogP contribution in [0.4, 0.5) is 17.6 Å². The van der Waals surface area contributed by atoms with Crippen LogP contribution in [-0.4, -0.2) is 38.9 Å². The first-order chi connectivity index (χ1) is 7.28. The number of hydrogen-bond donors (Lipinski definition) is 0. The van der Waals surface area contributed by atoms with E-state index in [1.54, 1.807) is 0 Å². The van der Waals surface area contributed by atoms with Crippen molar-refractivity contribution in [2.24, 2.45) is 0 Å². The molecule has 0 amide bonds. The quantitative estimate of drug-likeness (QED) is 0.524. The molecular weight excluding hydrogens is 212 g/mol. The lowest BCUT2D eigenvalue weighted by Crippen LogP contribution is -2.24. The number of halogens is 4. The van der Waals surface area contributed by atoms with Crippen LogP contribution in [0.2, 0.25) is 0 Å². The van der Waals surface area contributed by atoms with E-state index >= 15 is 0 Å². The van der Waals surface area contributed by atoms with Gasteiger partial charge in [-0.3, -0.25) is 17.6 Å². The SMILES string of the molecule is FCCC(CCF)OC(CCF)CCF. The molecule has 0 aromatic heterocycles. The van der Waals surface area contributed by atoms with E-state index in [0.29, 0.717) is 0 Å². The Bertz CT molecular complexity index is 109. The second-order valence-electron chi connectivity index (χ2n) is 3.29. The maximum Gasteiger partial charge on any atom is 0.0919 e. The third-order valence-electron chi connectivity index (χ3n) is 2.11. The van der Waals surface area contributed by atoms with E-state index in [4.69, 9.17) is 4.74 Å². The van der Waals surface area contributed by atoms with E-state index in [-0.39, 0.29) is 25.7 Å². The van der Waals surface area contributed by atoms with Crippen molar-refractivity contribution >= 4 is 0 Å². The van der Waals surface area contributed by atoms with Crippen molar-refractivity contribution in [2.45, 2.75) is 37.9 Å². The van der Waals surface area contributed by atoms with Crippen LogP contribution in [0, 0.1) is 0 Å². The molecule has 0 heterocycles. The lowest BCUT2D eigenvalue weighted by atomic mass is 10.1. The molecular formula is C10H18F4O. The summed E-state index contributed by atoms with van der Waals surface area (Å²) in [6, 6.07) is 0. The van der Waals surface area contributed by atoms with Crippen molar-refractivity contribution in [1.82, 2.24) is 0 Å². The summed E-state index contributed by atoms with van der Waals surface area (Å²) in [4.78, 5) is 0. The van der Waals surface area contributed by atoms with Crippen molar-refractivity contribution < 1.29 is 22.3 Å². The molecule has 0 aliphatic rings. The van der Waals surface area contributed by atoms with Gasteiger partial charge in [0.25, 0.3) is 0 Å².